The molecule has 0 aliphatic carbocycles. The minimum Gasteiger partial charge on any atom is -0.492 e. The Kier molecular flexibility index (Phi) is 3.72. The molecule has 2 aromatic carbocycles. The van der Waals surface area contributed by atoms with Crippen molar-refractivity contribution in [3.8, 4) is 22.7 Å². The lowest BCUT2D eigenvalue weighted by atomic mass is 9.87. The molecule has 0 aliphatic heterocycles. The van der Waals surface area contributed by atoms with E-state index in [2.05, 4.69) is 44.9 Å². The minimum atomic E-state index is -0.164. The van der Waals surface area contributed by atoms with E-state index in [9.17, 15) is 5.11 Å². The molecule has 1 heterocycles. The molecule has 0 fully saturated rings. The molecule has 0 saturated carbocycles. The van der Waals surface area contributed by atoms with Gasteiger partial charge in [0.1, 0.15) is 0 Å². The van der Waals surface area contributed by atoms with Crippen LogP contribution in [0.25, 0.3) is 16.8 Å². The molecular weight excluding hydrogens is 284 g/mol. The molecular formula is C20H22N2O. The van der Waals surface area contributed by atoms with E-state index in [-0.39, 0.29) is 11.3 Å². The topological polar surface area (TPSA) is 38.0 Å². The number of rotatable bonds is 2. The van der Waals surface area contributed by atoms with Gasteiger partial charge in [-0.3, -0.25) is 0 Å². The van der Waals surface area contributed by atoms with Crippen molar-refractivity contribution in [2.45, 2.75) is 33.1 Å². The first-order valence-electron chi connectivity index (χ1n) is 7.83. The predicted octanol–water partition coefficient (Wildman–Crippen LogP) is 4.85. The zero-order valence-corrected chi connectivity index (χ0v) is 14.0. The van der Waals surface area contributed by atoms with Crippen molar-refractivity contribution in [2.24, 2.45) is 0 Å². The minimum absolute atomic E-state index is 0.0719. The quantitative estimate of drug-likeness (QED) is 0.735. The molecule has 3 heteroatoms. The summed E-state index contributed by atoms with van der Waals surface area (Å²) >= 11 is 0. The maximum absolute atomic E-state index is 10.5. The second kappa shape index (κ2) is 5.58. The van der Waals surface area contributed by atoms with Crippen LogP contribution < -0.4 is 0 Å². The van der Waals surface area contributed by atoms with Gasteiger partial charge in [-0.05, 0) is 30.2 Å². The van der Waals surface area contributed by atoms with Gasteiger partial charge in [0.15, 0.2) is 0 Å². The van der Waals surface area contributed by atoms with Crippen LogP contribution in [0.3, 0.4) is 0 Å². The number of aromatic nitrogens is 2. The first kappa shape index (κ1) is 15.3. The molecule has 0 aliphatic rings. The maximum atomic E-state index is 10.5. The van der Waals surface area contributed by atoms with Crippen LogP contribution in [0.4, 0.5) is 0 Å². The van der Waals surface area contributed by atoms with Crippen molar-refractivity contribution in [3.63, 3.8) is 0 Å². The average molecular weight is 306 g/mol. The summed E-state index contributed by atoms with van der Waals surface area (Å²) in [5.74, 6) is 0.0719. The lowest BCUT2D eigenvalue weighted by Gasteiger charge is -2.22. The summed E-state index contributed by atoms with van der Waals surface area (Å²) in [7, 11) is 0. The molecule has 3 aromatic rings. The fraction of sp³-hybridized carbons (Fsp3) is 0.250. The van der Waals surface area contributed by atoms with Crippen molar-refractivity contribution in [1.29, 1.82) is 0 Å². The van der Waals surface area contributed by atoms with Gasteiger partial charge >= 0.3 is 0 Å². The number of benzene rings is 2. The van der Waals surface area contributed by atoms with Crippen LogP contribution in [0.15, 0.2) is 54.6 Å². The third-order valence-corrected chi connectivity index (χ3v) is 3.89. The number of aromatic hydroxyl groups is 1. The Morgan fingerprint density at radius 3 is 2.26 bits per heavy atom. The Labute approximate surface area is 137 Å². The summed E-state index contributed by atoms with van der Waals surface area (Å²) in [5.41, 5.74) is 4.76. The summed E-state index contributed by atoms with van der Waals surface area (Å²) in [4.78, 5) is 0. The first-order chi connectivity index (χ1) is 10.9. The molecule has 3 rings (SSSR count). The number of hydrogen-bond donors (Lipinski definition) is 1. The van der Waals surface area contributed by atoms with Gasteiger partial charge in [0.2, 0.25) is 5.88 Å². The van der Waals surface area contributed by atoms with Gasteiger partial charge in [0.25, 0.3) is 0 Å². The largest absolute Gasteiger partial charge is 0.492 e. The smallest absolute Gasteiger partial charge is 0.239 e. The SMILES string of the molecule is Cc1cccc(-n2nc(O)c(-c3ccccc3)c2C(C)(C)C)c1. The second-order valence-corrected chi connectivity index (χ2v) is 6.91. The van der Waals surface area contributed by atoms with Gasteiger partial charge in [-0.1, -0.05) is 63.2 Å². The Morgan fingerprint density at radius 1 is 0.957 bits per heavy atom. The number of hydrogen-bond acceptors (Lipinski definition) is 2. The summed E-state index contributed by atoms with van der Waals surface area (Å²) in [6, 6.07) is 18.1. The predicted molar refractivity (Wildman–Crippen MR) is 94.1 cm³/mol. The van der Waals surface area contributed by atoms with Crippen molar-refractivity contribution in [3.05, 3.63) is 65.9 Å². The monoisotopic (exact) mass is 306 g/mol. The highest BCUT2D eigenvalue weighted by atomic mass is 16.3. The molecule has 0 bridgehead atoms. The van der Waals surface area contributed by atoms with Crippen LogP contribution in [0.5, 0.6) is 5.88 Å². The van der Waals surface area contributed by atoms with Gasteiger partial charge in [0.05, 0.1) is 16.9 Å². The summed E-state index contributed by atoms with van der Waals surface area (Å²) < 4.78 is 1.87. The van der Waals surface area contributed by atoms with Gasteiger partial charge in [-0.2, -0.15) is 0 Å². The van der Waals surface area contributed by atoms with Crippen molar-refractivity contribution in [2.75, 3.05) is 0 Å². The van der Waals surface area contributed by atoms with Crippen LogP contribution in [0.2, 0.25) is 0 Å². The Morgan fingerprint density at radius 2 is 1.65 bits per heavy atom. The van der Waals surface area contributed by atoms with Crippen molar-refractivity contribution in [1.82, 2.24) is 9.78 Å². The zero-order valence-electron chi connectivity index (χ0n) is 14.0. The van der Waals surface area contributed by atoms with E-state index in [1.165, 1.54) is 5.56 Å². The van der Waals surface area contributed by atoms with Crippen LogP contribution in [0.1, 0.15) is 32.0 Å². The zero-order chi connectivity index (χ0) is 16.6. The highest BCUT2D eigenvalue weighted by molar-refractivity contribution is 5.73. The molecule has 0 unspecified atom stereocenters. The van der Waals surface area contributed by atoms with Crippen LogP contribution in [0, 0.1) is 6.92 Å². The third kappa shape index (κ3) is 2.87. The van der Waals surface area contributed by atoms with E-state index in [0.29, 0.717) is 0 Å². The Hall–Kier alpha value is -2.55. The molecule has 1 N–H and O–H groups in total. The summed E-state index contributed by atoms with van der Waals surface area (Å²) in [5, 5.41) is 15.0. The van der Waals surface area contributed by atoms with Crippen molar-refractivity contribution >= 4 is 0 Å². The van der Waals surface area contributed by atoms with E-state index < -0.39 is 0 Å². The molecule has 0 atom stereocenters. The Bertz CT molecular complexity index is 827. The molecule has 0 spiro atoms. The molecule has 1 aromatic heterocycles. The lowest BCUT2D eigenvalue weighted by Crippen LogP contribution is -2.18. The number of nitrogens with zero attached hydrogens (tertiary/aromatic N) is 2. The molecule has 0 saturated heterocycles. The van der Waals surface area contributed by atoms with Crippen LogP contribution in [-0.2, 0) is 5.41 Å². The molecule has 0 amide bonds. The van der Waals surface area contributed by atoms with Gasteiger partial charge in [-0.25, -0.2) is 4.68 Å². The molecule has 3 nitrogen and oxygen atoms in total. The van der Waals surface area contributed by atoms with Gasteiger partial charge in [0, 0.05) is 5.41 Å². The lowest BCUT2D eigenvalue weighted by molar-refractivity contribution is 0.449. The molecule has 0 radical (unpaired) electrons. The fourth-order valence-electron chi connectivity index (χ4n) is 2.92. The standard InChI is InChI=1S/C20H22N2O/c1-14-9-8-12-16(13-14)22-18(20(2,3)4)17(19(23)21-22)15-10-6-5-7-11-15/h5-13H,1-4H3,(H,21,23). The Balaban J connectivity index is 2.31. The second-order valence-electron chi connectivity index (χ2n) is 6.91. The highest BCUT2D eigenvalue weighted by Crippen LogP contribution is 2.40. The normalized spacial score (nSPS) is 11.7. The van der Waals surface area contributed by atoms with Gasteiger partial charge < -0.3 is 5.11 Å². The highest BCUT2D eigenvalue weighted by Gasteiger charge is 2.29. The maximum Gasteiger partial charge on any atom is 0.239 e. The van der Waals surface area contributed by atoms with Crippen molar-refractivity contribution < 1.29 is 5.11 Å². The first-order valence-corrected chi connectivity index (χ1v) is 7.83. The fourth-order valence-corrected chi connectivity index (χ4v) is 2.92. The van der Waals surface area contributed by atoms with E-state index >= 15 is 0 Å². The van der Waals surface area contributed by atoms with Gasteiger partial charge in [-0.15, -0.1) is 5.10 Å². The number of aryl methyl sites for hydroxylation is 1. The van der Waals surface area contributed by atoms with E-state index in [0.717, 1.165) is 22.5 Å². The average Bonchev–Trinajstić information content (AvgIpc) is 2.86. The third-order valence-electron chi connectivity index (χ3n) is 3.89. The van der Waals surface area contributed by atoms with E-state index in [1.807, 2.05) is 47.1 Å². The van der Waals surface area contributed by atoms with E-state index in [1.54, 1.807) is 0 Å². The molecule has 23 heavy (non-hydrogen) atoms. The summed E-state index contributed by atoms with van der Waals surface area (Å²) in [6.45, 7) is 8.48. The van der Waals surface area contributed by atoms with Crippen LogP contribution >= 0.6 is 0 Å². The molecule has 118 valence electrons. The van der Waals surface area contributed by atoms with Crippen LogP contribution in [-0.4, -0.2) is 14.9 Å². The summed E-state index contributed by atoms with van der Waals surface area (Å²) in [6.07, 6.45) is 0. The van der Waals surface area contributed by atoms with E-state index in [4.69, 9.17) is 0 Å².